The van der Waals surface area contributed by atoms with Gasteiger partial charge < -0.3 is 15.9 Å². The van der Waals surface area contributed by atoms with Crippen molar-refractivity contribution in [1.82, 2.24) is 0 Å². The molecule has 0 aliphatic carbocycles. The number of aliphatic hydroxyl groups is 2. The van der Waals surface area contributed by atoms with E-state index >= 15 is 0 Å². The molecule has 6 heteroatoms. The maximum absolute atomic E-state index is 13.4. The molecule has 0 spiro atoms. The molecule has 0 aliphatic rings. The lowest BCUT2D eigenvalue weighted by atomic mass is 10.0. The summed E-state index contributed by atoms with van der Waals surface area (Å²) < 4.78 is 26.7. The summed E-state index contributed by atoms with van der Waals surface area (Å²) in [5.74, 6) is -1.64. The van der Waals surface area contributed by atoms with Gasteiger partial charge in [0.05, 0.1) is 11.7 Å². The third kappa shape index (κ3) is 2.84. The van der Waals surface area contributed by atoms with E-state index in [0.717, 1.165) is 12.1 Å². The molecule has 0 saturated carbocycles. The zero-order chi connectivity index (χ0) is 12.3. The lowest BCUT2D eigenvalue weighted by Crippen LogP contribution is -2.21. The van der Waals surface area contributed by atoms with Crippen LogP contribution < -0.4 is 5.73 Å². The van der Waals surface area contributed by atoms with Crippen LogP contribution in [0.15, 0.2) is 12.1 Å². The third-order valence-corrected chi connectivity index (χ3v) is 2.44. The number of nitrogens with two attached hydrogens (primary N) is 1. The largest absolute Gasteiger partial charge is 0.399 e. The number of thiol groups is 1. The lowest BCUT2D eigenvalue weighted by molar-refractivity contribution is 0.0130. The highest BCUT2D eigenvalue weighted by Gasteiger charge is 2.24. The minimum Gasteiger partial charge on any atom is -0.399 e. The molecule has 1 rings (SSSR count). The van der Waals surface area contributed by atoms with Crippen LogP contribution in [0.5, 0.6) is 0 Å². The molecule has 16 heavy (non-hydrogen) atoms. The summed E-state index contributed by atoms with van der Waals surface area (Å²) in [6.07, 6.45) is -2.74. The molecular weight excluding hydrogens is 236 g/mol. The van der Waals surface area contributed by atoms with Gasteiger partial charge in [-0.05, 0) is 24.3 Å². The van der Waals surface area contributed by atoms with E-state index in [1.165, 1.54) is 0 Å². The Morgan fingerprint density at radius 3 is 2.19 bits per heavy atom. The van der Waals surface area contributed by atoms with Crippen LogP contribution in [0, 0.1) is 11.6 Å². The molecule has 0 aliphatic heterocycles. The van der Waals surface area contributed by atoms with Gasteiger partial charge in [-0.25, -0.2) is 8.78 Å². The van der Waals surface area contributed by atoms with Crippen LogP contribution in [-0.2, 0) is 0 Å². The maximum atomic E-state index is 13.4. The molecule has 4 N–H and O–H groups in total. The van der Waals surface area contributed by atoms with Crippen LogP contribution in [0.1, 0.15) is 18.1 Å². The average Bonchev–Trinajstić information content (AvgIpc) is 2.16. The van der Waals surface area contributed by atoms with Crippen molar-refractivity contribution >= 4 is 18.3 Å². The highest BCUT2D eigenvalue weighted by molar-refractivity contribution is 7.80. The van der Waals surface area contributed by atoms with E-state index in [-0.39, 0.29) is 12.1 Å². The van der Waals surface area contributed by atoms with E-state index in [4.69, 9.17) is 5.73 Å². The standard InChI is InChI=1S/C10H13F2NO2S/c11-6-3-5(13)4-7(12)9(6)10(15)8(14)1-2-16/h3-4,8,10,14-16H,1-2,13H2. The molecule has 2 unspecified atom stereocenters. The quantitative estimate of drug-likeness (QED) is 0.480. The summed E-state index contributed by atoms with van der Waals surface area (Å²) >= 11 is 3.86. The normalized spacial score (nSPS) is 14.8. The molecule has 3 nitrogen and oxygen atoms in total. The second-order valence-corrected chi connectivity index (χ2v) is 3.87. The third-order valence-electron chi connectivity index (χ3n) is 2.19. The van der Waals surface area contributed by atoms with Crippen molar-refractivity contribution in [3.63, 3.8) is 0 Å². The van der Waals surface area contributed by atoms with Crippen molar-refractivity contribution in [2.45, 2.75) is 18.6 Å². The van der Waals surface area contributed by atoms with E-state index in [1.807, 2.05) is 0 Å². The summed E-state index contributed by atoms with van der Waals surface area (Å²) in [4.78, 5) is 0. The molecule has 0 fully saturated rings. The van der Waals surface area contributed by atoms with Gasteiger partial charge in [0.1, 0.15) is 17.7 Å². The smallest absolute Gasteiger partial charge is 0.134 e. The summed E-state index contributed by atoms with van der Waals surface area (Å²) in [7, 11) is 0. The van der Waals surface area contributed by atoms with Gasteiger partial charge in [-0.2, -0.15) is 12.6 Å². The van der Waals surface area contributed by atoms with Gasteiger partial charge in [0.15, 0.2) is 0 Å². The summed E-state index contributed by atoms with van der Waals surface area (Å²) in [6.45, 7) is 0. The Morgan fingerprint density at radius 2 is 1.75 bits per heavy atom. The Labute approximate surface area is 97.3 Å². The summed E-state index contributed by atoms with van der Waals surface area (Å²) in [5.41, 5.74) is 4.59. The Bertz CT molecular complexity index is 353. The van der Waals surface area contributed by atoms with Crippen LogP contribution in [0.2, 0.25) is 0 Å². The van der Waals surface area contributed by atoms with E-state index in [9.17, 15) is 19.0 Å². The molecule has 0 bridgehead atoms. The fourth-order valence-corrected chi connectivity index (χ4v) is 1.63. The molecule has 0 radical (unpaired) electrons. The van der Waals surface area contributed by atoms with Gasteiger partial charge in [0, 0.05) is 5.69 Å². The van der Waals surface area contributed by atoms with Crippen molar-refractivity contribution in [2.75, 3.05) is 11.5 Å². The monoisotopic (exact) mass is 249 g/mol. The Kier molecular flexibility index (Phi) is 4.52. The van der Waals surface area contributed by atoms with E-state index in [2.05, 4.69) is 12.6 Å². The highest BCUT2D eigenvalue weighted by Crippen LogP contribution is 2.26. The number of anilines is 1. The fourth-order valence-electron chi connectivity index (χ4n) is 1.37. The fraction of sp³-hybridized carbons (Fsp3) is 0.400. The number of hydrogen-bond donors (Lipinski definition) is 4. The zero-order valence-corrected chi connectivity index (χ0v) is 9.29. The van der Waals surface area contributed by atoms with Crippen molar-refractivity contribution in [1.29, 1.82) is 0 Å². The minimum atomic E-state index is -1.62. The summed E-state index contributed by atoms with van der Waals surface area (Å²) in [6, 6.07) is 1.80. The summed E-state index contributed by atoms with van der Waals surface area (Å²) in [5, 5.41) is 19.0. The molecule has 1 aromatic carbocycles. The van der Waals surface area contributed by atoms with Gasteiger partial charge in [-0.3, -0.25) is 0 Å². The second-order valence-electron chi connectivity index (χ2n) is 3.42. The van der Waals surface area contributed by atoms with Crippen LogP contribution in [0.3, 0.4) is 0 Å². The molecule has 2 atom stereocenters. The first-order valence-corrected chi connectivity index (χ1v) is 5.32. The number of nitrogen functional groups attached to an aromatic ring is 1. The first kappa shape index (κ1) is 13.2. The minimum absolute atomic E-state index is 0.0744. The van der Waals surface area contributed by atoms with Crippen LogP contribution >= 0.6 is 12.6 Å². The zero-order valence-electron chi connectivity index (χ0n) is 8.40. The molecule has 0 saturated heterocycles. The lowest BCUT2D eigenvalue weighted by Gasteiger charge is -2.18. The Balaban J connectivity index is 3.03. The molecule has 0 aromatic heterocycles. The van der Waals surface area contributed by atoms with Crippen LogP contribution in [0.4, 0.5) is 14.5 Å². The highest BCUT2D eigenvalue weighted by atomic mass is 32.1. The van der Waals surface area contributed by atoms with Crippen LogP contribution in [-0.4, -0.2) is 22.1 Å². The number of aliphatic hydroxyl groups excluding tert-OH is 2. The van der Waals surface area contributed by atoms with E-state index in [1.54, 1.807) is 0 Å². The molecule has 0 amide bonds. The van der Waals surface area contributed by atoms with Gasteiger partial charge in [-0.15, -0.1) is 0 Å². The van der Waals surface area contributed by atoms with Crippen LogP contribution in [0.25, 0.3) is 0 Å². The molecule has 0 heterocycles. The molecule has 90 valence electrons. The first-order valence-electron chi connectivity index (χ1n) is 4.68. The Morgan fingerprint density at radius 1 is 1.25 bits per heavy atom. The molecular formula is C10H13F2NO2S. The topological polar surface area (TPSA) is 66.5 Å². The molecule has 1 aromatic rings. The average molecular weight is 249 g/mol. The van der Waals surface area contributed by atoms with Gasteiger partial charge in [0.25, 0.3) is 0 Å². The van der Waals surface area contributed by atoms with Crippen molar-refractivity contribution < 1.29 is 19.0 Å². The van der Waals surface area contributed by atoms with E-state index in [0.29, 0.717) is 5.75 Å². The van der Waals surface area contributed by atoms with Gasteiger partial charge in [-0.1, -0.05) is 0 Å². The van der Waals surface area contributed by atoms with Crippen molar-refractivity contribution in [2.24, 2.45) is 0 Å². The number of benzene rings is 1. The number of halogens is 2. The number of hydrogen-bond acceptors (Lipinski definition) is 4. The SMILES string of the molecule is Nc1cc(F)c(C(O)C(O)CCS)c(F)c1. The second kappa shape index (κ2) is 5.47. The first-order chi connectivity index (χ1) is 7.47. The maximum Gasteiger partial charge on any atom is 0.134 e. The predicted octanol–water partition coefficient (Wildman–Crippen LogP) is 1.26. The van der Waals surface area contributed by atoms with E-state index < -0.39 is 29.4 Å². The van der Waals surface area contributed by atoms with Crippen molar-refractivity contribution in [3.8, 4) is 0 Å². The number of rotatable bonds is 4. The van der Waals surface area contributed by atoms with Gasteiger partial charge in [0.2, 0.25) is 0 Å². The Hall–Kier alpha value is -0.850. The predicted molar refractivity (Wildman–Crippen MR) is 60.2 cm³/mol. The van der Waals surface area contributed by atoms with Crippen molar-refractivity contribution in [3.05, 3.63) is 29.3 Å². The van der Waals surface area contributed by atoms with Gasteiger partial charge >= 0.3 is 0 Å².